The number of sulfonamides is 1. The van der Waals surface area contributed by atoms with E-state index in [1.807, 2.05) is 6.19 Å². The molecular weight excluding hydrogens is 609 g/mol. The molecule has 0 radical (unpaired) electrons. The largest absolute Gasteiger partial charge is 0.465 e. The van der Waals surface area contributed by atoms with E-state index < -0.39 is 45.5 Å². The van der Waals surface area contributed by atoms with Crippen LogP contribution in [0.1, 0.15) is 23.6 Å². The number of benzene rings is 2. The van der Waals surface area contributed by atoms with Crippen molar-refractivity contribution >= 4 is 53.7 Å². The number of nitrogens with zero attached hydrogens (tertiary/aromatic N) is 3. The van der Waals surface area contributed by atoms with Gasteiger partial charge in [0.25, 0.3) is 0 Å². The van der Waals surface area contributed by atoms with Gasteiger partial charge in [0.05, 0.1) is 22.2 Å². The number of amides is 1. The standard InChI is InChI=1S/C20H17Br2F3N4O4S/c1-28(19(30)31)15-4-2-3-13(20(23,24)25)18(15)16-8-12(9-29(16)10-26)27-34(32,33)17-7-11(21)5-6-14(17)22/h2-7,12,16,27H,8-9H2,1H3,(H,30,31)/t12-,16-/m1/s1. The number of rotatable bonds is 5. The topological polar surface area (TPSA) is 114 Å². The number of hydrogen-bond acceptors (Lipinski definition) is 5. The lowest BCUT2D eigenvalue weighted by molar-refractivity contribution is -0.138. The van der Waals surface area contributed by atoms with Gasteiger partial charge in [-0.3, -0.25) is 4.90 Å². The summed E-state index contributed by atoms with van der Waals surface area (Å²) in [6, 6.07) is 5.48. The fourth-order valence-corrected chi connectivity index (χ4v) is 6.56. The van der Waals surface area contributed by atoms with E-state index in [4.69, 9.17) is 0 Å². The van der Waals surface area contributed by atoms with Gasteiger partial charge in [-0.1, -0.05) is 22.0 Å². The summed E-state index contributed by atoms with van der Waals surface area (Å²) in [6.45, 7) is -0.200. The predicted molar refractivity (Wildman–Crippen MR) is 124 cm³/mol. The van der Waals surface area contributed by atoms with Gasteiger partial charge in [-0.05, 0) is 52.7 Å². The molecule has 2 N–H and O–H groups in total. The highest BCUT2D eigenvalue weighted by Crippen LogP contribution is 2.44. The zero-order valence-electron chi connectivity index (χ0n) is 17.3. The Morgan fingerprint density at radius 1 is 1.29 bits per heavy atom. The maximum Gasteiger partial charge on any atom is 0.416 e. The Labute approximate surface area is 210 Å². The Morgan fingerprint density at radius 3 is 2.56 bits per heavy atom. The maximum absolute atomic E-state index is 13.9. The second-order valence-corrected chi connectivity index (χ2v) is 10.9. The van der Waals surface area contributed by atoms with Crippen molar-refractivity contribution in [2.24, 2.45) is 0 Å². The highest BCUT2D eigenvalue weighted by Gasteiger charge is 2.43. The van der Waals surface area contributed by atoms with E-state index in [-0.39, 0.29) is 28.0 Å². The van der Waals surface area contributed by atoms with Crippen molar-refractivity contribution in [1.82, 2.24) is 9.62 Å². The monoisotopic (exact) mass is 624 g/mol. The average molecular weight is 626 g/mol. The van der Waals surface area contributed by atoms with Gasteiger partial charge < -0.3 is 10.0 Å². The van der Waals surface area contributed by atoms with Crippen LogP contribution >= 0.6 is 31.9 Å². The molecule has 2 atom stereocenters. The van der Waals surface area contributed by atoms with Gasteiger partial charge in [-0.2, -0.15) is 18.4 Å². The van der Waals surface area contributed by atoms with Crippen LogP contribution < -0.4 is 9.62 Å². The number of nitrogens with one attached hydrogen (secondary N) is 1. The van der Waals surface area contributed by atoms with Gasteiger partial charge in [0.1, 0.15) is 0 Å². The van der Waals surface area contributed by atoms with E-state index >= 15 is 0 Å². The highest BCUT2D eigenvalue weighted by atomic mass is 79.9. The summed E-state index contributed by atoms with van der Waals surface area (Å²) in [7, 11) is -3.01. The third-order valence-electron chi connectivity index (χ3n) is 5.30. The summed E-state index contributed by atoms with van der Waals surface area (Å²) in [6.07, 6.45) is -4.69. The first-order valence-corrected chi connectivity index (χ1v) is 12.6. The molecule has 3 rings (SSSR count). The molecule has 0 saturated carbocycles. The van der Waals surface area contributed by atoms with Crippen molar-refractivity contribution in [3.63, 3.8) is 0 Å². The maximum atomic E-state index is 13.9. The lowest BCUT2D eigenvalue weighted by atomic mass is 9.94. The molecule has 34 heavy (non-hydrogen) atoms. The van der Waals surface area contributed by atoms with Gasteiger partial charge in [0, 0.05) is 34.1 Å². The van der Waals surface area contributed by atoms with Crippen molar-refractivity contribution in [2.75, 3.05) is 18.5 Å². The Morgan fingerprint density at radius 2 is 1.97 bits per heavy atom. The molecule has 0 spiro atoms. The Hall–Kier alpha value is -2.34. The van der Waals surface area contributed by atoms with Crippen molar-refractivity contribution in [3.05, 3.63) is 56.5 Å². The molecule has 1 heterocycles. The second kappa shape index (κ2) is 9.73. The summed E-state index contributed by atoms with van der Waals surface area (Å²) in [5.74, 6) is 0. The van der Waals surface area contributed by atoms with Gasteiger partial charge in [0.2, 0.25) is 10.0 Å². The van der Waals surface area contributed by atoms with Crippen molar-refractivity contribution in [1.29, 1.82) is 5.26 Å². The SMILES string of the molecule is CN(C(=O)O)c1cccc(C(F)(F)F)c1[C@H]1C[C@@H](NS(=O)(=O)c2cc(Br)ccc2Br)CN1C#N. The summed E-state index contributed by atoms with van der Waals surface area (Å²) >= 11 is 6.37. The lowest BCUT2D eigenvalue weighted by Gasteiger charge is -2.27. The zero-order valence-corrected chi connectivity index (χ0v) is 21.3. The second-order valence-electron chi connectivity index (χ2n) is 7.47. The number of nitriles is 1. The quantitative estimate of drug-likeness (QED) is 0.456. The van der Waals surface area contributed by atoms with Crippen molar-refractivity contribution in [3.8, 4) is 6.19 Å². The summed E-state index contributed by atoms with van der Waals surface area (Å²) in [4.78, 5) is 13.1. The molecule has 1 fully saturated rings. The molecule has 1 saturated heterocycles. The third kappa shape index (κ3) is 5.32. The number of hydrogen-bond donors (Lipinski definition) is 2. The van der Waals surface area contributed by atoms with Crippen LogP contribution in [0, 0.1) is 11.5 Å². The number of carboxylic acid groups (broad SMARTS) is 1. The molecule has 2 aromatic carbocycles. The van der Waals surface area contributed by atoms with Gasteiger partial charge in [0.15, 0.2) is 6.19 Å². The molecule has 1 aliphatic rings. The fourth-order valence-electron chi connectivity index (χ4n) is 3.82. The van der Waals surface area contributed by atoms with Crippen LogP contribution in [-0.4, -0.2) is 44.2 Å². The van der Waals surface area contributed by atoms with Crippen LogP contribution in [0.2, 0.25) is 0 Å². The molecule has 1 aliphatic heterocycles. The van der Waals surface area contributed by atoms with Crippen molar-refractivity contribution < 1.29 is 31.5 Å². The molecular formula is C20H17Br2F3N4O4S. The number of alkyl halides is 3. The van der Waals surface area contributed by atoms with E-state index in [0.29, 0.717) is 9.37 Å². The molecule has 0 unspecified atom stereocenters. The van der Waals surface area contributed by atoms with E-state index in [9.17, 15) is 36.8 Å². The molecule has 0 aliphatic carbocycles. The van der Waals surface area contributed by atoms with Crippen LogP contribution in [0.4, 0.5) is 23.7 Å². The molecule has 14 heteroatoms. The Kier molecular flexibility index (Phi) is 7.51. The van der Waals surface area contributed by atoms with Crippen LogP contribution in [-0.2, 0) is 16.2 Å². The van der Waals surface area contributed by atoms with Gasteiger partial charge in [-0.15, -0.1) is 0 Å². The lowest BCUT2D eigenvalue weighted by Crippen LogP contribution is -2.36. The first-order chi connectivity index (χ1) is 15.8. The zero-order chi connectivity index (χ0) is 25.4. The van der Waals surface area contributed by atoms with E-state index in [1.165, 1.54) is 18.2 Å². The van der Waals surface area contributed by atoms with Crippen LogP contribution in [0.5, 0.6) is 0 Å². The van der Waals surface area contributed by atoms with Crippen LogP contribution in [0.15, 0.2) is 50.2 Å². The molecule has 1 amide bonds. The first kappa shape index (κ1) is 26.3. The normalized spacial score (nSPS) is 18.6. The molecule has 182 valence electrons. The minimum atomic E-state index is -4.83. The van der Waals surface area contributed by atoms with Crippen molar-refractivity contribution in [2.45, 2.75) is 29.6 Å². The predicted octanol–water partition coefficient (Wildman–Crippen LogP) is 4.92. The number of likely N-dealkylation sites (tertiary alicyclic amines) is 1. The van der Waals surface area contributed by atoms with Crippen LogP contribution in [0.25, 0.3) is 0 Å². The molecule has 0 bridgehead atoms. The van der Waals surface area contributed by atoms with Crippen LogP contribution in [0.3, 0.4) is 0 Å². The number of halogens is 5. The van der Waals surface area contributed by atoms with E-state index in [0.717, 1.165) is 24.1 Å². The minimum absolute atomic E-state index is 0.0872. The molecule has 8 nitrogen and oxygen atoms in total. The Bertz CT molecular complexity index is 1270. The molecule has 2 aromatic rings. The Balaban J connectivity index is 2.03. The summed E-state index contributed by atoms with van der Waals surface area (Å²) in [5, 5.41) is 19.0. The number of carbonyl (C=O) groups is 1. The third-order valence-corrected chi connectivity index (χ3v) is 8.31. The smallest absolute Gasteiger partial charge is 0.416 e. The summed E-state index contributed by atoms with van der Waals surface area (Å²) in [5.41, 5.74) is -1.75. The summed E-state index contributed by atoms with van der Waals surface area (Å²) < 4.78 is 70.7. The molecule has 0 aromatic heterocycles. The highest BCUT2D eigenvalue weighted by molar-refractivity contribution is 9.11. The fraction of sp³-hybridized carbons (Fsp3) is 0.300. The average Bonchev–Trinajstić information content (AvgIpc) is 3.15. The van der Waals surface area contributed by atoms with E-state index in [2.05, 4.69) is 36.6 Å². The minimum Gasteiger partial charge on any atom is -0.465 e. The van der Waals surface area contributed by atoms with Gasteiger partial charge in [-0.25, -0.2) is 17.9 Å². The van der Waals surface area contributed by atoms with E-state index in [1.54, 1.807) is 6.07 Å². The van der Waals surface area contributed by atoms with Gasteiger partial charge >= 0.3 is 12.3 Å². The first-order valence-electron chi connectivity index (χ1n) is 9.56. The number of anilines is 1.